The maximum atomic E-state index is 5.18. The number of hydrogen-bond donors (Lipinski definition) is 0. The zero-order valence-electron chi connectivity index (χ0n) is 27.0. The second-order valence-corrected chi connectivity index (χ2v) is 12.5. The number of nitrogens with zero attached hydrogens (tertiary/aromatic N) is 5. The molecule has 0 aliphatic heterocycles. The summed E-state index contributed by atoms with van der Waals surface area (Å²) in [5.41, 5.74) is 9.50. The van der Waals surface area contributed by atoms with Gasteiger partial charge in [-0.05, 0) is 36.4 Å². The van der Waals surface area contributed by atoms with Gasteiger partial charge in [0.2, 0.25) is 0 Å². The molecule has 10 aromatic rings. The largest absolute Gasteiger partial charge is 0.307 e. The highest BCUT2D eigenvalue weighted by atomic mass is 15.1. The van der Waals surface area contributed by atoms with Gasteiger partial charge >= 0.3 is 0 Å². The quantitative estimate of drug-likeness (QED) is 0.188. The highest BCUT2D eigenvalue weighted by molar-refractivity contribution is 6.17. The van der Waals surface area contributed by atoms with Gasteiger partial charge in [0, 0.05) is 43.9 Å². The van der Waals surface area contributed by atoms with Crippen LogP contribution in [0.3, 0.4) is 0 Å². The third-order valence-corrected chi connectivity index (χ3v) is 9.56. The van der Waals surface area contributed by atoms with E-state index in [4.69, 9.17) is 15.0 Å². The molecule has 0 saturated carbocycles. The number of fused-ring (bicyclic) bond motifs is 6. The minimum absolute atomic E-state index is 0.628. The zero-order valence-corrected chi connectivity index (χ0v) is 27.0. The lowest BCUT2D eigenvalue weighted by molar-refractivity contribution is 1.07. The maximum Gasteiger partial charge on any atom is 0.166 e. The van der Waals surface area contributed by atoms with Crippen LogP contribution in [-0.2, 0) is 0 Å². The molecule has 5 nitrogen and oxygen atoms in total. The molecule has 0 amide bonds. The first-order chi connectivity index (χ1) is 24.8. The Morgan fingerprint density at radius 3 is 1.40 bits per heavy atom. The Labute approximate surface area is 288 Å². The number of benzene rings is 7. The molecule has 0 N–H and O–H groups in total. The molecule has 3 aromatic heterocycles. The van der Waals surface area contributed by atoms with E-state index in [2.05, 4.69) is 149 Å². The third-order valence-electron chi connectivity index (χ3n) is 9.56. The molecule has 0 radical (unpaired) electrons. The average Bonchev–Trinajstić information content (AvgIpc) is 3.72. The summed E-state index contributed by atoms with van der Waals surface area (Å²) in [6, 6.07) is 61.4. The Morgan fingerprint density at radius 2 is 0.780 bits per heavy atom. The molecular formula is C45H29N5. The third kappa shape index (κ3) is 4.37. The molecular weight excluding hydrogens is 611 g/mol. The van der Waals surface area contributed by atoms with E-state index in [1.54, 1.807) is 0 Å². The Kier molecular flexibility index (Phi) is 6.42. The summed E-state index contributed by atoms with van der Waals surface area (Å²) < 4.78 is 4.81. The standard InChI is InChI=1S/C45H29N5/c1-4-16-30(17-5-1)43-46-44(31-18-6-2-7-19-31)48-45(47-43)37-26-14-24-35-33-22-11-13-28-39(33)50(41(35)37)40-29-15-25-36-34-23-10-12-27-38(34)49(42(36)40)32-20-8-3-9-21-32/h1-29H. The fraction of sp³-hybridized carbons (Fsp3) is 0. The Bertz CT molecular complexity index is 2800. The number of hydrogen-bond acceptors (Lipinski definition) is 3. The first-order valence-electron chi connectivity index (χ1n) is 16.8. The molecule has 0 bridgehead atoms. The lowest BCUT2D eigenvalue weighted by atomic mass is 10.1. The molecule has 0 spiro atoms. The molecule has 234 valence electrons. The van der Waals surface area contributed by atoms with Gasteiger partial charge in [-0.1, -0.05) is 140 Å². The monoisotopic (exact) mass is 639 g/mol. The van der Waals surface area contributed by atoms with Crippen LogP contribution in [0.1, 0.15) is 0 Å². The van der Waals surface area contributed by atoms with E-state index < -0.39 is 0 Å². The van der Waals surface area contributed by atoms with E-state index in [-0.39, 0.29) is 0 Å². The Balaban J connectivity index is 1.34. The van der Waals surface area contributed by atoms with Crippen LogP contribution in [0.2, 0.25) is 0 Å². The molecule has 0 aliphatic carbocycles. The molecule has 5 heteroatoms. The van der Waals surface area contributed by atoms with Gasteiger partial charge in [-0.25, -0.2) is 15.0 Å². The van der Waals surface area contributed by atoms with Crippen LogP contribution in [0.5, 0.6) is 0 Å². The van der Waals surface area contributed by atoms with Gasteiger partial charge in [-0.15, -0.1) is 0 Å². The smallest absolute Gasteiger partial charge is 0.166 e. The van der Waals surface area contributed by atoms with Crippen molar-refractivity contribution in [1.29, 1.82) is 0 Å². The van der Waals surface area contributed by atoms with Crippen molar-refractivity contribution in [2.75, 3.05) is 0 Å². The molecule has 0 unspecified atom stereocenters. The summed E-state index contributed by atoms with van der Waals surface area (Å²) in [6.07, 6.45) is 0. The van der Waals surface area contributed by atoms with Crippen LogP contribution < -0.4 is 0 Å². The van der Waals surface area contributed by atoms with Crippen molar-refractivity contribution in [2.24, 2.45) is 0 Å². The lowest BCUT2D eigenvalue weighted by Crippen LogP contribution is -2.03. The summed E-state index contributed by atoms with van der Waals surface area (Å²) in [7, 11) is 0. The molecule has 10 rings (SSSR count). The van der Waals surface area contributed by atoms with Crippen molar-refractivity contribution in [3.63, 3.8) is 0 Å². The van der Waals surface area contributed by atoms with Gasteiger partial charge in [-0.2, -0.15) is 0 Å². The van der Waals surface area contributed by atoms with Crippen LogP contribution in [0, 0.1) is 0 Å². The summed E-state index contributed by atoms with van der Waals surface area (Å²) in [5.74, 6) is 1.91. The second-order valence-electron chi connectivity index (χ2n) is 12.5. The lowest BCUT2D eigenvalue weighted by Gasteiger charge is -2.16. The van der Waals surface area contributed by atoms with Crippen LogP contribution in [0.25, 0.3) is 89.2 Å². The van der Waals surface area contributed by atoms with Crippen molar-refractivity contribution in [3.8, 4) is 45.5 Å². The highest BCUT2D eigenvalue weighted by Gasteiger charge is 2.23. The summed E-state index contributed by atoms with van der Waals surface area (Å²) in [4.78, 5) is 15.3. The van der Waals surface area contributed by atoms with Crippen molar-refractivity contribution in [3.05, 3.63) is 176 Å². The van der Waals surface area contributed by atoms with Crippen LogP contribution >= 0.6 is 0 Å². The van der Waals surface area contributed by atoms with Crippen molar-refractivity contribution in [1.82, 2.24) is 24.1 Å². The number of rotatable bonds is 5. The van der Waals surface area contributed by atoms with E-state index in [1.807, 2.05) is 36.4 Å². The van der Waals surface area contributed by atoms with Crippen LogP contribution in [0.15, 0.2) is 176 Å². The van der Waals surface area contributed by atoms with Crippen molar-refractivity contribution in [2.45, 2.75) is 0 Å². The Hall–Kier alpha value is -6.85. The predicted molar refractivity (Wildman–Crippen MR) is 205 cm³/mol. The maximum absolute atomic E-state index is 5.18. The van der Waals surface area contributed by atoms with E-state index >= 15 is 0 Å². The molecule has 7 aromatic carbocycles. The fourth-order valence-electron chi connectivity index (χ4n) is 7.40. The van der Waals surface area contributed by atoms with Gasteiger partial charge in [-0.3, -0.25) is 0 Å². The van der Waals surface area contributed by atoms with E-state index in [1.165, 1.54) is 21.7 Å². The minimum Gasteiger partial charge on any atom is -0.307 e. The SMILES string of the molecule is c1ccc(-c2nc(-c3ccccc3)nc(-c3cccc4c5ccccc5n(-c5cccc6c7ccccc7n(-c7ccccc7)c56)c34)n2)cc1. The minimum atomic E-state index is 0.628. The molecule has 0 aliphatic rings. The molecule has 50 heavy (non-hydrogen) atoms. The van der Waals surface area contributed by atoms with E-state index in [0.717, 1.165) is 50.0 Å². The van der Waals surface area contributed by atoms with Gasteiger partial charge in [0.25, 0.3) is 0 Å². The number of para-hydroxylation sites is 5. The number of aromatic nitrogens is 5. The van der Waals surface area contributed by atoms with Gasteiger partial charge in [0.1, 0.15) is 0 Å². The molecule has 3 heterocycles. The molecule has 0 fully saturated rings. The van der Waals surface area contributed by atoms with E-state index in [9.17, 15) is 0 Å². The summed E-state index contributed by atoms with van der Waals surface area (Å²) in [6.45, 7) is 0. The second kappa shape index (κ2) is 11.4. The van der Waals surface area contributed by atoms with Gasteiger partial charge < -0.3 is 9.13 Å². The first kappa shape index (κ1) is 28.2. The molecule has 0 atom stereocenters. The predicted octanol–water partition coefficient (Wildman–Crippen LogP) is 11.1. The highest BCUT2D eigenvalue weighted by Crippen LogP contribution is 2.42. The summed E-state index contributed by atoms with van der Waals surface area (Å²) >= 11 is 0. The van der Waals surface area contributed by atoms with Crippen LogP contribution in [-0.4, -0.2) is 24.1 Å². The van der Waals surface area contributed by atoms with Gasteiger partial charge in [0.15, 0.2) is 17.5 Å². The topological polar surface area (TPSA) is 48.5 Å². The first-order valence-corrected chi connectivity index (χ1v) is 16.8. The normalized spacial score (nSPS) is 11.6. The average molecular weight is 640 g/mol. The van der Waals surface area contributed by atoms with Gasteiger partial charge in [0.05, 0.1) is 27.8 Å². The van der Waals surface area contributed by atoms with Crippen molar-refractivity contribution < 1.29 is 0 Å². The fourth-order valence-corrected chi connectivity index (χ4v) is 7.40. The van der Waals surface area contributed by atoms with E-state index in [0.29, 0.717) is 17.5 Å². The van der Waals surface area contributed by atoms with Crippen molar-refractivity contribution >= 4 is 43.6 Å². The molecule has 0 saturated heterocycles. The zero-order chi connectivity index (χ0) is 33.0. The van der Waals surface area contributed by atoms with Crippen LogP contribution in [0.4, 0.5) is 0 Å². The Morgan fingerprint density at radius 1 is 0.320 bits per heavy atom. The summed E-state index contributed by atoms with van der Waals surface area (Å²) in [5, 5.41) is 4.72.